The number of methoxy groups -OCH3 is 1. The molecule has 24 heteroatoms. The van der Waals surface area contributed by atoms with Crippen LogP contribution < -0.4 is 26.3 Å². The number of ether oxygens (including phenoxy) is 3. The molecule has 1 aliphatic carbocycles. The Morgan fingerprint density at radius 3 is 2.01 bits per heavy atom. The number of aliphatic hydroxyl groups excluding tert-OH is 1. The fraction of sp³-hybridized carbons (Fsp3) is 0.519. The van der Waals surface area contributed by atoms with Gasteiger partial charge in [-0.3, -0.25) is 24.6 Å². The number of aliphatic hydroxyl groups is 1. The third-order valence-corrected chi connectivity index (χ3v) is 15.0. The van der Waals surface area contributed by atoms with Crippen LogP contribution in [0.1, 0.15) is 75.3 Å². The monoisotopic (exact) mass is 1090 g/mol. The van der Waals surface area contributed by atoms with Crippen LogP contribution in [0.5, 0.6) is 0 Å². The van der Waals surface area contributed by atoms with Gasteiger partial charge >= 0.3 is 24.5 Å². The number of nitrogens with zero attached hydrogens (tertiary/aromatic N) is 6. The van der Waals surface area contributed by atoms with E-state index >= 15 is 0 Å². The Morgan fingerprint density at radius 1 is 0.795 bits per heavy atom. The topological polar surface area (TPSA) is 205 Å². The predicted octanol–water partition coefficient (Wildman–Crippen LogP) is 5.89. The highest BCUT2D eigenvalue weighted by atomic mass is 19.4. The normalized spacial score (nSPS) is 19.4. The quantitative estimate of drug-likeness (QED) is 0.0423. The van der Waals surface area contributed by atoms with Crippen LogP contribution in [0.4, 0.5) is 41.7 Å². The molecule has 420 valence electrons. The largest absolute Gasteiger partial charge is 0.453 e. The van der Waals surface area contributed by atoms with Gasteiger partial charge in [0.2, 0.25) is 5.91 Å². The number of hydrogen-bond donors (Lipinski definition) is 5. The van der Waals surface area contributed by atoms with E-state index in [0.717, 1.165) is 76.1 Å². The maximum atomic E-state index is 14.6. The van der Waals surface area contributed by atoms with Crippen molar-refractivity contribution in [1.82, 2.24) is 46.0 Å². The number of fused-ring (bicyclic) bond motifs is 2. The zero-order valence-corrected chi connectivity index (χ0v) is 44.0. The molecule has 3 aliphatic heterocycles. The number of carbonyl (C=O) groups excluding carboxylic acids is 4. The van der Waals surface area contributed by atoms with Gasteiger partial charge in [0, 0.05) is 74.4 Å². The van der Waals surface area contributed by atoms with E-state index in [0.29, 0.717) is 79.8 Å². The number of hydrogen-bond acceptors (Lipinski definition) is 13. The van der Waals surface area contributed by atoms with E-state index in [4.69, 9.17) is 14.5 Å². The fourth-order valence-electron chi connectivity index (χ4n) is 9.65. The molecule has 4 fully saturated rings. The van der Waals surface area contributed by atoms with Crippen LogP contribution in [-0.2, 0) is 36.8 Å². The van der Waals surface area contributed by atoms with E-state index in [1.807, 2.05) is 39.7 Å². The lowest BCUT2D eigenvalue weighted by Gasteiger charge is -2.42. The first-order valence-electron chi connectivity index (χ1n) is 25.6. The maximum Gasteiger partial charge on any atom is 0.407 e. The van der Waals surface area contributed by atoms with Gasteiger partial charge in [0.15, 0.2) is 6.10 Å². The highest BCUT2D eigenvalue weighted by Gasteiger charge is 2.58. The molecule has 0 spiro atoms. The highest BCUT2D eigenvalue weighted by molar-refractivity contribution is 5.87. The second-order valence-corrected chi connectivity index (χ2v) is 21.3. The molecule has 0 radical (unpaired) electrons. The van der Waals surface area contributed by atoms with Crippen LogP contribution in [0, 0.1) is 22.7 Å². The van der Waals surface area contributed by atoms with Crippen molar-refractivity contribution in [2.24, 2.45) is 10.8 Å². The first-order chi connectivity index (χ1) is 36.8. The number of hydrazine groups is 1. The third kappa shape index (κ3) is 13.1. The zero-order valence-electron chi connectivity index (χ0n) is 44.0. The summed E-state index contributed by atoms with van der Waals surface area (Å²) < 4.78 is 104. The van der Waals surface area contributed by atoms with Crippen molar-refractivity contribution in [2.75, 3.05) is 51.9 Å². The van der Waals surface area contributed by atoms with Crippen molar-refractivity contribution in [3.63, 3.8) is 0 Å². The van der Waals surface area contributed by atoms with Crippen LogP contribution in [0.2, 0.25) is 0 Å². The fourth-order valence-corrected chi connectivity index (χ4v) is 9.65. The summed E-state index contributed by atoms with van der Waals surface area (Å²) in [4.78, 5) is 62.6. The molecule has 4 amide bonds. The number of aromatic nitrogens is 3. The second kappa shape index (κ2) is 23.2. The maximum absolute atomic E-state index is 14.6. The number of halogens is 6. The van der Waals surface area contributed by atoms with Crippen LogP contribution in [-0.4, -0.2) is 156 Å². The number of benzene rings is 2. The molecule has 4 aliphatic rings. The summed E-state index contributed by atoms with van der Waals surface area (Å²) in [5.41, 5.74) is -0.0189. The minimum absolute atomic E-state index is 0.276. The number of piperazine rings is 1. The molecule has 0 unspecified atom stereocenters. The number of nitrogens with one attached hydrogen (secondary N) is 4. The van der Waals surface area contributed by atoms with Crippen LogP contribution in [0.25, 0.3) is 11.3 Å². The molecule has 2 aromatic heterocycles. The van der Waals surface area contributed by atoms with Crippen LogP contribution in [0.3, 0.4) is 0 Å². The molecular weight excluding hydrogens is 1030 g/mol. The molecule has 6 atom stereocenters. The van der Waals surface area contributed by atoms with E-state index in [9.17, 15) is 50.6 Å². The highest BCUT2D eigenvalue weighted by Crippen LogP contribution is 2.43. The number of amides is 4. The molecule has 5 N–H and O–H groups in total. The minimum Gasteiger partial charge on any atom is -0.453 e. The van der Waals surface area contributed by atoms with Crippen molar-refractivity contribution >= 4 is 29.8 Å². The minimum atomic E-state index is -5.09. The summed E-state index contributed by atoms with van der Waals surface area (Å²) in [7, 11) is 1.99. The molecule has 5 heterocycles. The Labute approximate surface area is 447 Å². The van der Waals surface area contributed by atoms with E-state index < -0.39 is 78.0 Å². The molecule has 4 aromatic rings. The molecule has 1 saturated carbocycles. The Hall–Kier alpha value is -6.94. The number of anilines is 1. The van der Waals surface area contributed by atoms with Gasteiger partial charge in [-0.1, -0.05) is 48.2 Å². The average Bonchev–Trinajstić information content (AvgIpc) is 3.96. The van der Waals surface area contributed by atoms with Gasteiger partial charge in [-0.05, 0) is 94.8 Å². The first-order valence-corrected chi connectivity index (χ1v) is 25.6. The van der Waals surface area contributed by atoms with Gasteiger partial charge in [0.25, 0.3) is 5.91 Å². The molecule has 2 bridgehead atoms. The van der Waals surface area contributed by atoms with E-state index in [2.05, 4.69) is 42.2 Å². The molecule has 3 saturated heterocycles. The lowest BCUT2D eigenvalue weighted by molar-refractivity contribution is -0.239. The van der Waals surface area contributed by atoms with Crippen molar-refractivity contribution in [1.29, 1.82) is 0 Å². The number of alkyl carbamates (subject to hydrolysis) is 2. The second-order valence-electron chi connectivity index (χ2n) is 21.3. The third-order valence-electron chi connectivity index (χ3n) is 15.0. The molecule has 2 aromatic carbocycles. The summed E-state index contributed by atoms with van der Waals surface area (Å²) in [6.45, 7) is 5.13. The predicted molar refractivity (Wildman–Crippen MR) is 272 cm³/mol. The zero-order chi connectivity index (χ0) is 56.3. The molecule has 78 heavy (non-hydrogen) atoms. The summed E-state index contributed by atoms with van der Waals surface area (Å²) in [5, 5.41) is 24.3. The first kappa shape index (κ1) is 57.2. The Morgan fingerprint density at radius 2 is 1.45 bits per heavy atom. The smallest absolute Gasteiger partial charge is 0.407 e. The number of carbonyl (C=O) groups is 4. The van der Waals surface area contributed by atoms with Gasteiger partial charge in [0.05, 0.1) is 55.7 Å². The van der Waals surface area contributed by atoms with Crippen molar-refractivity contribution in [3.8, 4) is 23.1 Å². The summed E-state index contributed by atoms with van der Waals surface area (Å²) in [6, 6.07) is 16.8. The van der Waals surface area contributed by atoms with Gasteiger partial charge in [-0.15, -0.1) is 0 Å². The lowest BCUT2D eigenvalue weighted by Crippen LogP contribution is -2.62. The Bertz CT molecular complexity index is 2830. The molecule has 8 rings (SSSR count). The van der Waals surface area contributed by atoms with E-state index in [1.54, 1.807) is 54.7 Å². The van der Waals surface area contributed by atoms with Crippen molar-refractivity contribution < 1.29 is 64.8 Å². The standard InChI is InChI=1S/C54H64F6N10O8/c1-51(2,53(55,56)57)45(64-50(75)76-6)47(72)63-42(23-33-10-7-32(8-11-33)9-12-34-15-20-44(62-25-34)69-28-38-24-39(69)27-68(38)40-30-77-31-40)43(71)29-67(66-48(73)46(78-49(74)61-5)52(3,4)54(58,59)60)26-35-13-16-36(17-14-35)41-21-22-70(65-41)37-18-19-37/h7-8,10-11,13-17,20-22,25,37-40,42-43,45-46,71H,18-19,23-24,26-31H2,1-6H3,(H,61,74)(H,63,72)(H,64,75)(H,66,73)/t38-,39-,42+,43+,45-,46-/m1/s1. The van der Waals surface area contributed by atoms with Crippen molar-refractivity contribution in [2.45, 2.75) is 121 Å². The van der Waals surface area contributed by atoms with E-state index in [1.165, 1.54) is 0 Å². The van der Waals surface area contributed by atoms with Crippen LogP contribution in [0.15, 0.2) is 79.1 Å². The number of alkyl halides is 6. The SMILES string of the molecule is CNC(=O)O[C@H](C(=O)NN(Cc1ccc(-c2ccn(C3CC3)n2)cc1)C[C@H](O)[C@H](Cc1ccc(C#Cc2ccc(N3C[C@H]4C[C@@H]3CN4C3COC3)nc2)cc1)NC(=O)[C@@H](NC(=O)OC)C(C)(C)C(F)(F)F)C(C)(C)C(F)(F)F. The number of pyridine rings is 1. The van der Waals surface area contributed by atoms with Gasteiger partial charge in [-0.25, -0.2) is 19.6 Å². The summed E-state index contributed by atoms with van der Waals surface area (Å²) >= 11 is 0. The number of likely N-dealkylation sites (tertiary alicyclic amines) is 1. The van der Waals surface area contributed by atoms with E-state index in [-0.39, 0.29) is 13.0 Å². The van der Waals surface area contributed by atoms with Gasteiger partial charge in [-0.2, -0.15) is 31.4 Å². The van der Waals surface area contributed by atoms with Crippen molar-refractivity contribution in [3.05, 3.63) is 101 Å². The Kier molecular flexibility index (Phi) is 17.0. The molecule has 18 nitrogen and oxygen atoms in total. The lowest BCUT2D eigenvalue weighted by atomic mass is 9.82. The summed E-state index contributed by atoms with van der Waals surface area (Å²) in [5.74, 6) is 4.24. The van der Waals surface area contributed by atoms with Gasteiger partial charge in [0.1, 0.15) is 17.3 Å². The Balaban J connectivity index is 1.05. The summed E-state index contributed by atoms with van der Waals surface area (Å²) in [6.07, 6.45) is -10.8. The number of rotatable bonds is 19. The van der Waals surface area contributed by atoms with Gasteiger partial charge < -0.3 is 40.2 Å². The molecular formula is C54H64F6N10O8. The average molecular weight is 1100 g/mol. The van der Waals surface area contributed by atoms with Crippen LogP contribution >= 0.6 is 0 Å².